The molecule has 15 heavy (non-hydrogen) atoms. The molecule has 2 rings (SSSR count). The minimum absolute atomic E-state index is 0.0185. The minimum atomic E-state index is -0.181. The van der Waals surface area contributed by atoms with Gasteiger partial charge in [-0.05, 0) is 36.6 Å². The third-order valence-electron chi connectivity index (χ3n) is 3.43. The van der Waals surface area contributed by atoms with Crippen molar-refractivity contribution in [2.24, 2.45) is 5.73 Å². The van der Waals surface area contributed by atoms with E-state index in [0.29, 0.717) is 6.54 Å². The number of benzene rings is 1. The van der Waals surface area contributed by atoms with Crippen molar-refractivity contribution in [3.63, 3.8) is 0 Å². The predicted molar refractivity (Wildman–Crippen MR) is 63.3 cm³/mol. The van der Waals surface area contributed by atoms with E-state index in [2.05, 4.69) is 15.9 Å². The zero-order valence-corrected chi connectivity index (χ0v) is 10.2. The highest BCUT2D eigenvalue weighted by Gasteiger charge is 2.34. The molecule has 0 spiro atoms. The summed E-state index contributed by atoms with van der Waals surface area (Å²) in [4.78, 5) is 0. The van der Waals surface area contributed by atoms with Crippen molar-refractivity contribution in [3.8, 4) is 0 Å². The van der Waals surface area contributed by atoms with Gasteiger partial charge in [-0.1, -0.05) is 28.8 Å². The van der Waals surface area contributed by atoms with E-state index < -0.39 is 0 Å². The number of rotatable bonds is 2. The summed E-state index contributed by atoms with van der Waals surface area (Å²) in [7, 11) is 0. The molecule has 0 aromatic heterocycles. The Balaban J connectivity index is 2.42. The average Bonchev–Trinajstić information content (AvgIpc) is 2.65. The van der Waals surface area contributed by atoms with Crippen LogP contribution in [-0.2, 0) is 5.41 Å². The van der Waals surface area contributed by atoms with Gasteiger partial charge in [0.15, 0.2) is 0 Å². The quantitative estimate of drug-likeness (QED) is 0.877. The fraction of sp³-hybridized carbons (Fsp3) is 0.500. The van der Waals surface area contributed by atoms with E-state index in [-0.39, 0.29) is 11.2 Å². The van der Waals surface area contributed by atoms with Crippen LogP contribution in [0.25, 0.3) is 0 Å². The van der Waals surface area contributed by atoms with Crippen LogP contribution in [0, 0.1) is 5.82 Å². The molecule has 1 aromatic carbocycles. The first-order valence-electron chi connectivity index (χ1n) is 5.33. The summed E-state index contributed by atoms with van der Waals surface area (Å²) in [6.07, 6.45) is 4.56. The molecule has 0 aliphatic heterocycles. The largest absolute Gasteiger partial charge is 0.330 e. The highest BCUT2D eigenvalue weighted by Crippen LogP contribution is 2.41. The van der Waals surface area contributed by atoms with Gasteiger partial charge in [0, 0.05) is 16.4 Å². The molecule has 3 heteroatoms. The van der Waals surface area contributed by atoms with Gasteiger partial charge in [0.1, 0.15) is 5.82 Å². The van der Waals surface area contributed by atoms with Crippen molar-refractivity contribution in [2.75, 3.05) is 6.54 Å². The molecule has 1 aliphatic carbocycles. The smallest absolute Gasteiger partial charge is 0.124 e. The molecule has 1 fully saturated rings. The van der Waals surface area contributed by atoms with Gasteiger partial charge in [-0.15, -0.1) is 0 Å². The summed E-state index contributed by atoms with van der Waals surface area (Å²) in [6.45, 7) is 0.614. The maximum atomic E-state index is 13.3. The summed E-state index contributed by atoms with van der Waals surface area (Å²) in [5.41, 5.74) is 6.93. The van der Waals surface area contributed by atoms with Crippen LogP contribution in [0.1, 0.15) is 31.2 Å². The van der Waals surface area contributed by atoms with Gasteiger partial charge in [0.05, 0.1) is 0 Å². The highest BCUT2D eigenvalue weighted by molar-refractivity contribution is 9.10. The summed E-state index contributed by atoms with van der Waals surface area (Å²) < 4.78 is 14.1. The van der Waals surface area contributed by atoms with E-state index in [4.69, 9.17) is 5.73 Å². The fourth-order valence-corrected chi connectivity index (χ4v) is 2.99. The maximum absolute atomic E-state index is 13.3. The summed E-state index contributed by atoms with van der Waals surface area (Å²) in [5.74, 6) is -0.181. The Kier molecular flexibility index (Phi) is 3.12. The van der Waals surface area contributed by atoms with Crippen molar-refractivity contribution in [2.45, 2.75) is 31.1 Å². The second kappa shape index (κ2) is 4.22. The molecule has 0 heterocycles. The van der Waals surface area contributed by atoms with Gasteiger partial charge in [0.2, 0.25) is 0 Å². The van der Waals surface area contributed by atoms with Gasteiger partial charge in [-0.25, -0.2) is 4.39 Å². The first-order valence-corrected chi connectivity index (χ1v) is 6.12. The molecule has 0 amide bonds. The van der Waals surface area contributed by atoms with Crippen molar-refractivity contribution in [1.82, 2.24) is 0 Å². The average molecular weight is 272 g/mol. The summed E-state index contributed by atoms with van der Waals surface area (Å²) in [5, 5.41) is 0. The third kappa shape index (κ3) is 2.08. The standard InChI is InChI=1S/C12H15BrFN/c13-10-5-9(6-11(14)7-10)12(8-15)3-1-2-4-12/h5-7H,1-4,8,15H2. The van der Waals surface area contributed by atoms with Gasteiger partial charge < -0.3 is 5.73 Å². The monoisotopic (exact) mass is 271 g/mol. The molecular weight excluding hydrogens is 257 g/mol. The zero-order valence-electron chi connectivity index (χ0n) is 8.60. The Bertz CT molecular complexity index is 338. The van der Waals surface area contributed by atoms with Gasteiger partial charge >= 0.3 is 0 Å². The van der Waals surface area contributed by atoms with Crippen molar-refractivity contribution in [3.05, 3.63) is 34.1 Å². The third-order valence-corrected chi connectivity index (χ3v) is 3.88. The lowest BCUT2D eigenvalue weighted by molar-refractivity contribution is 0.449. The van der Waals surface area contributed by atoms with E-state index >= 15 is 0 Å². The molecular formula is C12H15BrFN. The Morgan fingerprint density at radius 2 is 1.93 bits per heavy atom. The van der Waals surface area contributed by atoms with Crippen molar-refractivity contribution < 1.29 is 4.39 Å². The molecule has 1 nitrogen and oxygen atoms in total. The van der Waals surface area contributed by atoms with Gasteiger partial charge in [-0.2, -0.15) is 0 Å². The molecule has 0 atom stereocenters. The maximum Gasteiger partial charge on any atom is 0.124 e. The summed E-state index contributed by atoms with van der Waals surface area (Å²) >= 11 is 3.33. The van der Waals surface area contributed by atoms with Crippen LogP contribution in [0.15, 0.2) is 22.7 Å². The van der Waals surface area contributed by atoms with Crippen LogP contribution >= 0.6 is 15.9 Å². The first-order chi connectivity index (χ1) is 7.16. The SMILES string of the molecule is NCC1(c2cc(F)cc(Br)c2)CCCC1. The second-order valence-corrected chi connectivity index (χ2v) is 5.27. The molecule has 1 aliphatic rings. The Morgan fingerprint density at radius 3 is 2.47 bits per heavy atom. The highest BCUT2D eigenvalue weighted by atomic mass is 79.9. The van der Waals surface area contributed by atoms with E-state index in [1.165, 1.54) is 18.9 Å². The first kappa shape index (κ1) is 11.1. The molecule has 0 saturated heterocycles. The van der Waals surface area contributed by atoms with Crippen molar-refractivity contribution >= 4 is 15.9 Å². The van der Waals surface area contributed by atoms with E-state index in [1.54, 1.807) is 6.07 Å². The molecule has 1 saturated carbocycles. The van der Waals surface area contributed by atoms with Crippen molar-refractivity contribution in [1.29, 1.82) is 0 Å². The lowest BCUT2D eigenvalue weighted by Crippen LogP contribution is -2.32. The summed E-state index contributed by atoms with van der Waals surface area (Å²) in [6, 6.07) is 5.12. The molecule has 0 unspecified atom stereocenters. The topological polar surface area (TPSA) is 26.0 Å². The van der Waals surface area contributed by atoms with Gasteiger partial charge in [-0.3, -0.25) is 0 Å². The van der Waals surface area contributed by atoms with Crippen LogP contribution in [-0.4, -0.2) is 6.54 Å². The Hall–Kier alpha value is -0.410. The predicted octanol–water partition coefficient (Wildman–Crippen LogP) is 3.36. The molecule has 82 valence electrons. The molecule has 2 N–H and O–H groups in total. The number of halogens is 2. The molecule has 1 aromatic rings. The zero-order chi connectivity index (χ0) is 10.9. The second-order valence-electron chi connectivity index (χ2n) is 4.35. The van der Waals surface area contributed by atoms with E-state index in [1.807, 2.05) is 6.07 Å². The van der Waals surface area contributed by atoms with Crippen LogP contribution < -0.4 is 5.73 Å². The minimum Gasteiger partial charge on any atom is -0.330 e. The lowest BCUT2D eigenvalue weighted by Gasteiger charge is -2.28. The van der Waals surface area contributed by atoms with Crippen LogP contribution in [0.4, 0.5) is 4.39 Å². The molecule has 0 bridgehead atoms. The van der Waals surface area contributed by atoms with Crippen LogP contribution in [0.5, 0.6) is 0 Å². The van der Waals surface area contributed by atoms with E-state index in [0.717, 1.165) is 22.9 Å². The number of hydrogen-bond donors (Lipinski definition) is 1. The van der Waals surface area contributed by atoms with Crippen LogP contribution in [0.3, 0.4) is 0 Å². The lowest BCUT2D eigenvalue weighted by atomic mass is 9.79. The molecule has 0 radical (unpaired) electrons. The fourth-order valence-electron chi connectivity index (χ4n) is 2.52. The number of hydrogen-bond acceptors (Lipinski definition) is 1. The number of nitrogens with two attached hydrogens (primary N) is 1. The van der Waals surface area contributed by atoms with Gasteiger partial charge in [0.25, 0.3) is 0 Å². The Morgan fingerprint density at radius 1 is 1.27 bits per heavy atom. The van der Waals surface area contributed by atoms with Crippen LogP contribution in [0.2, 0.25) is 0 Å². The Labute approximate surface area is 98.0 Å². The normalized spacial score (nSPS) is 19.4. The van der Waals surface area contributed by atoms with E-state index in [9.17, 15) is 4.39 Å².